The number of aliphatic hydroxyl groups is 1. The molecule has 0 bridgehead atoms. The van der Waals surface area contributed by atoms with Gasteiger partial charge in [0.15, 0.2) is 0 Å². The van der Waals surface area contributed by atoms with Gasteiger partial charge in [0.05, 0.1) is 6.10 Å². The molecular weight excluding hydrogens is 296 g/mol. The maximum atomic E-state index is 10.1. The van der Waals surface area contributed by atoms with Crippen molar-refractivity contribution in [3.05, 3.63) is 32.8 Å². The first kappa shape index (κ1) is 11.8. The molecule has 1 aliphatic heterocycles. The lowest BCUT2D eigenvalue weighted by Crippen LogP contribution is -2.03. The number of rotatable bonds is 0. The summed E-state index contributed by atoms with van der Waals surface area (Å²) in [5.41, 5.74) is 2.06. The minimum atomic E-state index is -0.389. The van der Waals surface area contributed by atoms with Gasteiger partial charge < -0.3 is 5.11 Å². The van der Waals surface area contributed by atoms with Crippen molar-refractivity contribution in [2.24, 2.45) is 0 Å². The Balaban J connectivity index is 2.48. The monoisotopic (exact) mass is 306 g/mol. The average Bonchev–Trinajstić information content (AvgIpc) is 2.27. The standard InChI is InChI=1S/C11H12BrClOS/c1-6-2-11(14)8-3-7(12)4-10(13)9(8)5-15-6/h3-4,6,11,14H,2,5H2,1H3/t6?,11-/m0/s1. The van der Waals surface area contributed by atoms with Gasteiger partial charge in [0.1, 0.15) is 0 Å². The van der Waals surface area contributed by atoms with Crippen LogP contribution >= 0.6 is 39.3 Å². The zero-order valence-corrected chi connectivity index (χ0v) is 11.5. The van der Waals surface area contributed by atoms with Crippen molar-refractivity contribution in [1.29, 1.82) is 0 Å². The van der Waals surface area contributed by atoms with Gasteiger partial charge in [0.2, 0.25) is 0 Å². The summed E-state index contributed by atoms with van der Waals surface area (Å²) >= 11 is 11.4. The number of thioether (sulfide) groups is 1. The molecule has 1 nitrogen and oxygen atoms in total. The van der Waals surface area contributed by atoms with Crippen molar-refractivity contribution in [1.82, 2.24) is 0 Å². The quantitative estimate of drug-likeness (QED) is 0.776. The van der Waals surface area contributed by atoms with Crippen molar-refractivity contribution in [2.75, 3.05) is 0 Å². The van der Waals surface area contributed by atoms with E-state index in [0.717, 1.165) is 32.8 Å². The molecule has 1 heterocycles. The van der Waals surface area contributed by atoms with E-state index in [1.165, 1.54) is 0 Å². The number of benzene rings is 1. The fourth-order valence-corrected chi connectivity index (χ4v) is 3.88. The summed E-state index contributed by atoms with van der Waals surface area (Å²) in [7, 11) is 0. The molecule has 1 unspecified atom stereocenters. The molecule has 2 atom stereocenters. The highest BCUT2D eigenvalue weighted by Gasteiger charge is 2.22. The molecule has 1 aromatic carbocycles. The highest BCUT2D eigenvalue weighted by Crippen LogP contribution is 2.39. The summed E-state index contributed by atoms with van der Waals surface area (Å²) < 4.78 is 0.935. The molecule has 0 spiro atoms. The van der Waals surface area contributed by atoms with Crippen LogP contribution in [-0.2, 0) is 5.75 Å². The molecule has 2 rings (SSSR count). The second-order valence-corrected chi connectivity index (χ2v) is 6.58. The minimum Gasteiger partial charge on any atom is -0.388 e. The van der Waals surface area contributed by atoms with Crippen molar-refractivity contribution < 1.29 is 5.11 Å². The second-order valence-electron chi connectivity index (χ2n) is 3.83. The maximum absolute atomic E-state index is 10.1. The maximum Gasteiger partial charge on any atom is 0.0804 e. The zero-order chi connectivity index (χ0) is 11.0. The van der Waals surface area contributed by atoms with Gasteiger partial charge in [-0.3, -0.25) is 0 Å². The summed E-state index contributed by atoms with van der Waals surface area (Å²) in [5.74, 6) is 0.889. The Morgan fingerprint density at radius 3 is 3.00 bits per heavy atom. The van der Waals surface area contributed by atoms with E-state index in [1.807, 2.05) is 23.9 Å². The first-order valence-electron chi connectivity index (χ1n) is 4.85. The van der Waals surface area contributed by atoms with Gasteiger partial charge in [-0.1, -0.05) is 34.5 Å². The third-order valence-corrected chi connectivity index (χ3v) is 4.63. The minimum absolute atomic E-state index is 0.389. The Kier molecular flexibility index (Phi) is 3.66. The molecule has 0 radical (unpaired) electrons. The van der Waals surface area contributed by atoms with Gasteiger partial charge in [0.25, 0.3) is 0 Å². The predicted octanol–water partition coefficient (Wildman–Crippen LogP) is 4.16. The lowest BCUT2D eigenvalue weighted by Gasteiger charge is -2.13. The van der Waals surface area contributed by atoms with Gasteiger partial charge >= 0.3 is 0 Å². The van der Waals surface area contributed by atoms with Crippen molar-refractivity contribution in [2.45, 2.75) is 30.5 Å². The lowest BCUT2D eigenvalue weighted by atomic mass is 10.0. The first-order valence-corrected chi connectivity index (χ1v) is 7.07. The van der Waals surface area contributed by atoms with Crippen LogP contribution in [-0.4, -0.2) is 10.4 Å². The Morgan fingerprint density at radius 2 is 2.27 bits per heavy atom. The number of fused-ring (bicyclic) bond motifs is 1. The van der Waals surface area contributed by atoms with Crippen LogP contribution in [0.5, 0.6) is 0 Å². The Morgan fingerprint density at radius 1 is 1.53 bits per heavy atom. The molecule has 15 heavy (non-hydrogen) atoms. The van der Waals surface area contributed by atoms with Crippen LogP contribution in [0.1, 0.15) is 30.6 Å². The van der Waals surface area contributed by atoms with Crippen LogP contribution in [0.4, 0.5) is 0 Å². The molecule has 0 fully saturated rings. The molecule has 0 amide bonds. The van der Waals surface area contributed by atoms with Crippen LogP contribution in [0.15, 0.2) is 16.6 Å². The van der Waals surface area contributed by atoms with E-state index >= 15 is 0 Å². The van der Waals surface area contributed by atoms with Gasteiger partial charge in [-0.05, 0) is 29.7 Å². The first-order chi connectivity index (χ1) is 7.08. The van der Waals surface area contributed by atoms with Crippen LogP contribution < -0.4 is 0 Å². The van der Waals surface area contributed by atoms with E-state index in [1.54, 1.807) is 0 Å². The van der Waals surface area contributed by atoms with Gasteiger partial charge in [-0.25, -0.2) is 0 Å². The van der Waals surface area contributed by atoms with E-state index in [-0.39, 0.29) is 6.10 Å². The summed E-state index contributed by atoms with van der Waals surface area (Å²) in [5, 5.41) is 11.3. The number of halogens is 2. The van der Waals surface area contributed by atoms with E-state index in [9.17, 15) is 5.11 Å². The molecule has 4 heteroatoms. The van der Waals surface area contributed by atoms with E-state index < -0.39 is 0 Å². The molecule has 0 saturated heterocycles. The molecule has 0 aliphatic carbocycles. The largest absolute Gasteiger partial charge is 0.388 e. The van der Waals surface area contributed by atoms with Crippen molar-refractivity contribution in [3.63, 3.8) is 0 Å². The molecule has 1 aliphatic rings. The highest BCUT2D eigenvalue weighted by molar-refractivity contribution is 9.10. The Labute approximate surface area is 107 Å². The average molecular weight is 308 g/mol. The SMILES string of the molecule is CC1C[C@H](O)c2cc(Br)cc(Cl)c2CS1. The van der Waals surface area contributed by atoms with Crippen molar-refractivity contribution in [3.8, 4) is 0 Å². The summed E-state index contributed by atoms with van der Waals surface area (Å²) in [4.78, 5) is 0. The van der Waals surface area contributed by atoms with Crippen LogP contribution in [0.25, 0.3) is 0 Å². The molecule has 0 saturated carbocycles. The van der Waals surface area contributed by atoms with Gasteiger partial charge in [-0.15, -0.1) is 0 Å². The predicted molar refractivity (Wildman–Crippen MR) is 69.5 cm³/mol. The second kappa shape index (κ2) is 4.66. The number of hydrogen-bond acceptors (Lipinski definition) is 2. The number of hydrogen-bond donors (Lipinski definition) is 1. The normalized spacial score (nSPS) is 25.9. The van der Waals surface area contributed by atoms with Gasteiger partial charge in [-0.2, -0.15) is 11.8 Å². The molecule has 82 valence electrons. The third-order valence-electron chi connectivity index (χ3n) is 2.62. The van der Waals surface area contributed by atoms with Crippen LogP contribution in [0.3, 0.4) is 0 Å². The Bertz CT molecular complexity index is 383. The van der Waals surface area contributed by atoms with Crippen molar-refractivity contribution >= 4 is 39.3 Å². The topological polar surface area (TPSA) is 20.2 Å². The van der Waals surface area contributed by atoms with E-state index in [0.29, 0.717) is 5.25 Å². The highest BCUT2D eigenvalue weighted by atomic mass is 79.9. The summed E-state index contributed by atoms with van der Waals surface area (Å²) in [6.45, 7) is 2.14. The smallest absolute Gasteiger partial charge is 0.0804 e. The fourth-order valence-electron chi connectivity index (χ4n) is 1.81. The van der Waals surface area contributed by atoms with Crippen LogP contribution in [0, 0.1) is 0 Å². The molecule has 0 aromatic heterocycles. The zero-order valence-electron chi connectivity index (χ0n) is 8.34. The third kappa shape index (κ3) is 2.52. The molecule has 1 N–H and O–H groups in total. The fraction of sp³-hybridized carbons (Fsp3) is 0.455. The molecular formula is C11H12BrClOS. The van der Waals surface area contributed by atoms with Gasteiger partial charge in [0, 0.05) is 20.5 Å². The lowest BCUT2D eigenvalue weighted by molar-refractivity contribution is 0.168. The summed E-state index contributed by atoms with van der Waals surface area (Å²) in [6, 6.07) is 3.87. The number of aliphatic hydroxyl groups excluding tert-OH is 1. The van der Waals surface area contributed by atoms with E-state index in [4.69, 9.17) is 11.6 Å². The summed E-state index contributed by atoms with van der Waals surface area (Å²) in [6.07, 6.45) is 0.407. The Hall–Kier alpha value is 0.300. The molecule has 1 aromatic rings. The van der Waals surface area contributed by atoms with Crippen LogP contribution in [0.2, 0.25) is 5.02 Å². The van der Waals surface area contributed by atoms with E-state index in [2.05, 4.69) is 22.9 Å².